The Kier molecular flexibility index (Phi) is 9.75. The number of carbonyl (C=O) groups is 2. The van der Waals surface area contributed by atoms with Crippen LogP contribution in [0, 0.1) is 5.92 Å². The zero-order chi connectivity index (χ0) is 30.4. The van der Waals surface area contributed by atoms with Crippen LogP contribution in [0.3, 0.4) is 0 Å². The van der Waals surface area contributed by atoms with Gasteiger partial charge in [0.25, 0.3) is 0 Å². The van der Waals surface area contributed by atoms with Crippen LogP contribution < -0.4 is 14.8 Å². The lowest BCUT2D eigenvalue weighted by molar-refractivity contribution is -0.134. The summed E-state index contributed by atoms with van der Waals surface area (Å²) >= 11 is 0. The van der Waals surface area contributed by atoms with Crippen LogP contribution in [0.1, 0.15) is 19.4 Å². The summed E-state index contributed by atoms with van der Waals surface area (Å²) in [7, 11) is -0.887. The number of rotatable bonds is 10. The second-order valence-corrected chi connectivity index (χ2v) is 12.3. The summed E-state index contributed by atoms with van der Waals surface area (Å²) in [5.41, 5.74) is 0.947. The van der Waals surface area contributed by atoms with Crippen molar-refractivity contribution in [3.63, 3.8) is 0 Å². The molecule has 0 fully saturated rings. The first-order chi connectivity index (χ1) is 20.0. The number of aliphatic hydroxyl groups excluding tert-OH is 1. The molecule has 3 aromatic rings. The molecule has 15 heteroatoms. The number of tetrazole rings is 1. The Labute approximate surface area is 244 Å². The monoisotopic (exact) mass is 601 g/mol. The Morgan fingerprint density at radius 2 is 2.00 bits per heavy atom. The molecule has 0 spiro atoms. The number of methoxy groups -OCH3 is 1. The fourth-order valence-corrected chi connectivity index (χ4v) is 5.79. The first-order valence-corrected chi connectivity index (χ1v) is 14.8. The van der Waals surface area contributed by atoms with E-state index >= 15 is 0 Å². The summed E-state index contributed by atoms with van der Waals surface area (Å²) in [5.74, 6) is 0.0240. The number of nitrogens with zero attached hydrogens (tertiary/aromatic N) is 6. The van der Waals surface area contributed by atoms with E-state index in [1.165, 1.54) is 41.6 Å². The van der Waals surface area contributed by atoms with E-state index < -0.39 is 22.2 Å². The molecule has 1 aliphatic heterocycles. The number of hydrogen-bond donors (Lipinski definition) is 2. The highest BCUT2D eigenvalue weighted by Crippen LogP contribution is 2.30. The number of benzene rings is 2. The molecule has 2 N–H and O–H groups in total. The van der Waals surface area contributed by atoms with Gasteiger partial charge in [-0.1, -0.05) is 6.92 Å². The molecule has 4 rings (SSSR count). The third-order valence-electron chi connectivity index (χ3n) is 7.10. The van der Waals surface area contributed by atoms with E-state index in [0.29, 0.717) is 22.7 Å². The van der Waals surface area contributed by atoms with Gasteiger partial charge in [0.1, 0.15) is 30.5 Å². The van der Waals surface area contributed by atoms with Crippen LogP contribution in [-0.2, 0) is 32.6 Å². The minimum Gasteiger partial charge on any atom is -0.497 e. The topological polar surface area (TPSA) is 169 Å². The fraction of sp³-hybridized carbons (Fsp3) is 0.444. The molecule has 0 bridgehead atoms. The van der Waals surface area contributed by atoms with Gasteiger partial charge in [-0.25, -0.2) is 13.1 Å². The molecule has 0 saturated carbocycles. The van der Waals surface area contributed by atoms with Crippen molar-refractivity contribution in [1.82, 2.24) is 29.4 Å². The Morgan fingerprint density at radius 1 is 1.26 bits per heavy atom. The number of carbonyl (C=O) groups excluding carboxylic acids is 2. The minimum atomic E-state index is -3.87. The average Bonchev–Trinajstić information content (AvgIpc) is 3.49. The molecule has 0 aliphatic carbocycles. The van der Waals surface area contributed by atoms with Crippen LogP contribution in [0.25, 0.3) is 0 Å². The molecular weight excluding hydrogens is 566 g/mol. The highest BCUT2D eigenvalue weighted by molar-refractivity contribution is 7.89. The number of hydrogen-bond acceptors (Lipinski definition) is 10. The zero-order valence-corrected chi connectivity index (χ0v) is 24.7. The van der Waals surface area contributed by atoms with Gasteiger partial charge in [-0.05, 0) is 59.8 Å². The largest absolute Gasteiger partial charge is 0.497 e. The number of ether oxygens (including phenoxy) is 2. The number of fused-ring (bicyclic) bond motifs is 1. The maximum atomic E-state index is 13.4. The van der Waals surface area contributed by atoms with Gasteiger partial charge in [0, 0.05) is 30.8 Å². The Morgan fingerprint density at radius 3 is 2.64 bits per heavy atom. The van der Waals surface area contributed by atoms with E-state index in [1.807, 2.05) is 6.92 Å². The molecule has 2 heterocycles. The second kappa shape index (κ2) is 13.3. The molecule has 14 nitrogen and oxygen atoms in total. The van der Waals surface area contributed by atoms with Crippen molar-refractivity contribution in [3.8, 4) is 11.5 Å². The van der Waals surface area contributed by atoms with E-state index in [0.717, 1.165) is 0 Å². The van der Waals surface area contributed by atoms with Gasteiger partial charge < -0.3 is 24.8 Å². The molecule has 2 amide bonds. The van der Waals surface area contributed by atoms with E-state index in [9.17, 15) is 23.1 Å². The lowest BCUT2D eigenvalue weighted by atomic mass is 10.0. The number of aliphatic hydroxyl groups is 1. The van der Waals surface area contributed by atoms with Crippen molar-refractivity contribution in [2.24, 2.45) is 5.92 Å². The van der Waals surface area contributed by atoms with Crippen LogP contribution >= 0.6 is 0 Å². The van der Waals surface area contributed by atoms with Gasteiger partial charge in [-0.3, -0.25) is 9.59 Å². The summed E-state index contributed by atoms with van der Waals surface area (Å²) in [6, 6.07) is 10.6. The average molecular weight is 602 g/mol. The van der Waals surface area contributed by atoms with Crippen LogP contribution in [0.4, 0.5) is 5.69 Å². The van der Waals surface area contributed by atoms with Gasteiger partial charge in [0.05, 0.1) is 37.6 Å². The number of aromatic nitrogens is 4. The summed E-state index contributed by atoms with van der Waals surface area (Å²) in [6.45, 7) is 3.52. The fourth-order valence-electron chi connectivity index (χ4n) is 4.60. The summed E-state index contributed by atoms with van der Waals surface area (Å²) in [6.07, 6.45) is 0.622. The van der Waals surface area contributed by atoms with Crippen molar-refractivity contribution in [2.75, 3.05) is 39.2 Å². The number of amides is 2. The second-order valence-electron chi connectivity index (χ2n) is 10.2. The molecule has 1 aliphatic rings. The number of likely N-dealkylation sites (N-methyl/N-ethyl adjacent to an activating group) is 1. The first-order valence-electron chi connectivity index (χ1n) is 13.3. The molecule has 1 aromatic heterocycles. The number of anilines is 1. The molecule has 0 saturated heterocycles. The molecule has 2 aromatic carbocycles. The standard InChI is InChI=1S/C27H35N7O7S/c1-18-13-34(19(2)16-35)27(37)12-20-11-21(29-26(36)15-33-17-28-30-31-33)5-10-24(20)41-25(18)14-32(3)42(38,39)23-8-6-22(40-4)7-9-23/h5-11,17-19,25,35H,12-16H2,1-4H3,(H,29,36)/t18-,19-,25+/m1/s1. The van der Waals surface area contributed by atoms with Crippen LogP contribution in [0.15, 0.2) is 53.7 Å². The lowest BCUT2D eigenvalue weighted by Crippen LogP contribution is -2.48. The van der Waals surface area contributed by atoms with Gasteiger partial charge >= 0.3 is 0 Å². The Hall–Kier alpha value is -4.08. The summed E-state index contributed by atoms with van der Waals surface area (Å²) in [5, 5.41) is 23.3. The third-order valence-corrected chi connectivity index (χ3v) is 8.94. The zero-order valence-electron chi connectivity index (χ0n) is 23.9. The van der Waals surface area contributed by atoms with Gasteiger partial charge in [-0.2, -0.15) is 4.31 Å². The number of sulfonamides is 1. The van der Waals surface area contributed by atoms with Crippen molar-refractivity contribution in [2.45, 2.75) is 43.9 Å². The third kappa shape index (κ3) is 7.21. The lowest BCUT2D eigenvalue weighted by Gasteiger charge is -2.33. The molecular formula is C27H35N7O7S. The smallest absolute Gasteiger partial charge is 0.246 e. The quantitative estimate of drug-likeness (QED) is 0.339. The predicted molar refractivity (Wildman–Crippen MR) is 151 cm³/mol. The van der Waals surface area contributed by atoms with E-state index in [1.54, 1.807) is 42.2 Å². The molecule has 0 unspecified atom stereocenters. The van der Waals surface area contributed by atoms with Gasteiger partial charge in [0.2, 0.25) is 21.8 Å². The van der Waals surface area contributed by atoms with Gasteiger partial charge in [-0.15, -0.1) is 5.10 Å². The summed E-state index contributed by atoms with van der Waals surface area (Å²) in [4.78, 5) is 27.6. The predicted octanol–water partition coefficient (Wildman–Crippen LogP) is 0.790. The van der Waals surface area contributed by atoms with Crippen LogP contribution in [0.5, 0.6) is 11.5 Å². The van der Waals surface area contributed by atoms with Crippen molar-refractivity contribution in [1.29, 1.82) is 0 Å². The molecule has 226 valence electrons. The normalized spacial score (nSPS) is 18.3. The SMILES string of the molecule is COc1ccc(S(=O)(=O)N(C)C[C@@H]2Oc3ccc(NC(=O)Cn4cnnn4)cc3CC(=O)N([C@H](C)CO)C[C@H]2C)cc1. The minimum absolute atomic E-state index is 0.00503. The first kappa shape index (κ1) is 30.9. The molecule has 3 atom stereocenters. The maximum absolute atomic E-state index is 13.4. The Balaban J connectivity index is 1.61. The maximum Gasteiger partial charge on any atom is 0.246 e. The van der Waals surface area contributed by atoms with Crippen LogP contribution in [-0.4, -0.2) is 101 Å². The van der Waals surface area contributed by atoms with E-state index in [2.05, 4.69) is 20.8 Å². The van der Waals surface area contributed by atoms with E-state index in [4.69, 9.17) is 9.47 Å². The van der Waals surface area contributed by atoms with Crippen molar-refractivity contribution >= 4 is 27.5 Å². The highest BCUT2D eigenvalue weighted by atomic mass is 32.2. The van der Waals surface area contributed by atoms with E-state index in [-0.39, 0.29) is 55.3 Å². The van der Waals surface area contributed by atoms with Crippen LogP contribution in [0.2, 0.25) is 0 Å². The summed E-state index contributed by atoms with van der Waals surface area (Å²) < 4.78 is 40.8. The molecule has 0 radical (unpaired) electrons. The van der Waals surface area contributed by atoms with Crippen molar-refractivity contribution in [3.05, 3.63) is 54.4 Å². The highest BCUT2D eigenvalue weighted by Gasteiger charge is 2.33. The Bertz CT molecular complexity index is 1480. The van der Waals surface area contributed by atoms with Crippen molar-refractivity contribution < 1.29 is 32.6 Å². The van der Waals surface area contributed by atoms with Gasteiger partial charge in [0.15, 0.2) is 0 Å². The molecule has 42 heavy (non-hydrogen) atoms. The number of nitrogens with one attached hydrogen (secondary N) is 1.